The van der Waals surface area contributed by atoms with Crippen molar-refractivity contribution in [1.82, 2.24) is 106 Å². The minimum atomic E-state index is -0.482. The molecule has 0 aliphatic carbocycles. The van der Waals surface area contributed by atoms with Crippen molar-refractivity contribution in [2.24, 2.45) is 0 Å². The number of aryl methyl sites for hydroxylation is 5. The zero-order valence-corrected chi connectivity index (χ0v) is 93.8. The number of carbonyl (C=O) groups excluding carboxylic acids is 9. The first kappa shape index (κ1) is 119. The smallest absolute Gasteiger partial charge is 0.325 e. The maximum absolute atomic E-state index is 13.3. The highest BCUT2D eigenvalue weighted by atomic mass is 35.5. The Hall–Kier alpha value is -10.6. The zero-order valence-electron chi connectivity index (χ0n) is 84.5. The molecule has 14 rings (SSSR count). The van der Waals surface area contributed by atoms with Gasteiger partial charge in [0.05, 0.1) is 47.3 Å². The maximum atomic E-state index is 13.3. The summed E-state index contributed by atoms with van der Waals surface area (Å²) < 4.78 is 9.84. The number of aromatic amines is 1. The van der Waals surface area contributed by atoms with Crippen LogP contribution >= 0.6 is 138 Å². The Morgan fingerprint density at radius 3 is 0.993 bits per heavy atom. The van der Waals surface area contributed by atoms with Crippen molar-refractivity contribution < 1.29 is 52.4 Å². The van der Waals surface area contributed by atoms with Crippen LogP contribution in [0.3, 0.4) is 0 Å². The quantitative estimate of drug-likeness (QED) is 0.00992. The fourth-order valence-corrected chi connectivity index (χ4v) is 23.4. The lowest BCUT2D eigenvalue weighted by molar-refractivity contribution is -0.139. The molecule has 0 bridgehead atoms. The van der Waals surface area contributed by atoms with Gasteiger partial charge in [0.2, 0.25) is 5.88 Å². The van der Waals surface area contributed by atoms with E-state index < -0.39 is 5.97 Å². The summed E-state index contributed by atoms with van der Waals surface area (Å²) in [7, 11) is 1.30. The number of esters is 1. The second-order valence-corrected chi connectivity index (χ2v) is 43.0. The van der Waals surface area contributed by atoms with E-state index in [2.05, 4.69) is 135 Å². The Bertz CT molecular complexity index is 6080. The van der Waals surface area contributed by atoms with Crippen molar-refractivity contribution in [3.63, 3.8) is 0 Å². The summed E-state index contributed by atoms with van der Waals surface area (Å²) >= 11 is 54.5. The number of rotatable bonds is 37. The van der Waals surface area contributed by atoms with Crippen molar-refractivity contribution in [3.8, 4) is 12.1 Å². The fourth-order valence-electron chi connectivity index (χ4n) is 18.3. The lowest BCUT2D eigenvalue weighted by Gasteiger charge is -2.40. The number of nitrogens with one attached hydrogen (secondary N) is 9. The number of amides is 12. The van der Waals surface area contributed by atoms with Crippen LogP contribution in [0.15, 0.2) is 108 Å². The second kappa shape index (κ2) is 59.4. The van der Waals surface area contributed by atoms with Gasteiger partial charge in [-0.05, 0) is 275 Å². The van der Waals surface area contributed by atoms with Gasteiger partial charge in [-0.15, -0.1) is 0 Å². The lowest BCUT2D eigenvalue weighted by atomic mass is 10.0. The Labute approximate surface area is 924 Å². The summed E-state index contributed by atoms with van der Waals surface area (Å²) in [6, 6.07) is 20.7. The van der Waals surface area contributed by atoms with Crippen LogP contribution in [0.2, 0.25) is 41.2 Å². The molecule has 0 unspecified atom stereocenters. The number of pyridine rings is 4. The Kier molecular flexibility index (Phi) is 47.3. The predicted molar refractivity (Wildman–Crippen MR) is 586 cm³/mol. The number of nitriles is 2. The molecule has 4 fully saturated rings. The zero-order chi connectivity index (χ0) is 107. The Balaban J connectivity index is 0.000000189. The van der Waals surface area contributed by atoms with Crippen molar-refractivity contribution in [2.45, 2.75) is 214 Å². The van der Waals surface area contributed by atoms with Crippen LogP contribution in [0.1, 0.15) is 202 Å². The summed E-state index contributed by atoms with van der Waals surface area (Å²) in [4.78, 5) is 147. The number of methoxy groups -OCH3 is 1. The number of hydrogen-bond donors (Lipinski definition) is 9. The van der Waals surface area contributed by atoms with Crippen molar-refractivity contribution in [1.29, 1.82) is 10.5 Å². The van der Waals surface area contributed by atoms with Crippen LogP contribution < -0.4 is 42.5 Å². The SMILES string of the molecule is COC(=O)CNC(=O)N(Cc1ccsc1)C1CCN([C@H](C)CCNC(=O)c2c(C)cc(Cl)nc2Cl)CC1.Cc1cc(Cl)nc(Cl)c1C(=O)NCC[C@@H](C)N1CCC(N(Cc2ccsc2)C(=O)NCC#N)CC1.Cc1cc(Cl)nc(Cl)c1C(=O)NCC[C@@H](C)N1CCC(N(Cc2ccsc2)C(=O)Nc2[nH]ncc2C#N)CC1.Cc1cc(NC(=O)N(Cc2ccsc2)C2CCN([C@H](C)CCNC(=O)c3c(C)cc(Cl)nc3Cl)CC2)on1. The molecule has 48 heteroatoms. The highest BCUT2D eigenvalue weighted by Gasteiger charge is 2.37. The fraction of sp³-hybridized carbons (Fsp3) is 0.475. The minimum Gasteiger partial charge on any atom is -0.468 e. The van der Waals surface area contributed by atoms with E-state index in [1.807, 2.05) is 101 Å². The first-order chi connectivity index (χ1) is 71.5. The minimum absolute atomic E-state index is 0.00259. The summed E-state index contributed by atoms with van der Waals surface area (Å²) in [5.74, 6) is -0.864. The molecular formula is C101H125Cl8N25O11S4. The number of nitrogens with zero attached hydrogens (tertiary/aromatic N) is 16. The monoisotopic (exact) mass is 2270 g/mol. The molecule has 800 valence electrons. The molecule has 4 saturated heterocycles. The second-order valence-electron chi connectivity index (χ2n) is 36.9. The van der Waals surface area contributed by atoms with Crippen LogP contribution in [0.5, 0.6) is 0 Å². The molecular weight excluding hydrogens is 2150 g/mol. The molecule has 4 aliphatic heterocycles. The van der Waals surface area contributed by atoms with Crippen LogP contribution in [-0.4, -0.2) is 275 Å². The highest BCUT2D eigenvalue weighted by Crippen LogP contribution is 2.33. The van der Waals surface area contributed by atoms with E-state index in [0.29, 0.717) is 120 Å². The number of thiophene rings is 4. The maximum Gasteiger partial charge on any atom is 0.325 e. The van der Waals surface area contributed by atoms with E-state index in [0.717, 1.165) is 152 Å². The van der Waals surface area contributed by atoms with Gasteiger partial charge in [-0.3, -0.25) is 39.7 Å². The molecule has 149 heavy (non-hydrogen) atoms. The number of ether oxygens (including phenoxy) is 1. The Morgan fingerprint density at radius 1 is 0.436 bits per heavy atom. The average molecular weight is 2280 g/mol. The molecule has 10 aromatic rings. The molecule has 0 aromatic carbocycles. The molecule has 4 aliphatic rings. The summed E-state index contributed by atoms with van der Waals surface area (Å²) in [6.45, 7) is 28.2. The topological polar surface area (TPSA) is 439 Å². The number of likely N-dealkylation sites (tertiary alicyclic amines) is 4. The summed E-state index contributed by atoms with van der Waals surface area (Å²) in [5, 5.41) is 69.0. The van der Waals surface area contributed by atoms with Gasteiger partial charge in [-0.25, -0.2) is 39.1 Å². The molecule has 4 atom stereocenters. The number of anilines is 2. The molecule has 9 N–H and O–H groups in total. The van der Waals surface area contributed by atoms with E-state index >= 15 is 0 Å². The van der Waals surface area contributed by atoms with Gasteiger partial charge in [0.1, 0.15) is 71.8 Å². The van der Waals surface area contributed by atoms with Gasteiger partial charge >= 0.3 is 30.1 Å². The van der Waals surface area contributed by atoms with E-state index in [1.54, 1.807) is 103 Å². The Morgan fingerprint density at radius 2 is 0.732 bits per heavy atom. The number of carbonyl (C=O) groups is 9. The van der Waals surface area contributed by atoms with E-state index in [1.165, 1.54) is 13.3 Å². The van der Waals surface area contributed by atoms with Crippen molar-refractivity contribution >= 4 is 204 Å². The van der Waals surface area contributed by atoms with E-state index in [9.17, 15) is 48.4 Å². The normalized spacial score (nSPS) is 15.2. The van der Waals surface area contributed by atoms with Crippen LogP contribution in [0, 0.1) is 57.3 Å². The van der Waals surface area contributed by atoms with E-state index in [4.69, 9.17) is 103 Å². The number of urea groups is 4. The standard InChI is InChI=1S/C26H30Cl2N8O2S.C26H32Cl2N6O3S.C25H33Cl2N5O4S.C24H30Cl2N6O2S/c1-16-11-21(27)32-23(28)22(16)25(37)30-7-3-17(2)35-8-4-20(5-9-35)36(14-18-6-10-39-15-18)26(38)33-24-19(12-29)13-31-34-24;1-16-12-21(27)30-24(28)23(16)25(35)29-8-4-18(3)33-9-5-20(6-10-33)34(14-19-7-11-38-15-19)26(36)31-22-13-17(2)32-37-22;1-16-12-20(26)30-23(27)22(16)24(34)28-8-4-17(2)31-9-5-19(6-10-31)32(14-18-7-11-37-15-18)25(35)29-13-21(33)36-3;1-16-13-20(25)30-22(26)21(16)23(33)28-8-3-17(2)31-10-4-19(5-11-31)32(24(34)29-9-7-27)14-18-6-12-35-15-18/h6,10-11,13,15,17,20H,3-5,7-9,14H2,1-2H3,(H,30,37)(H2,31,33,34,38);7,11-13,15,18,20H,4-6,8-10,14H2,1-3H3,(H,29,35)(H,31,36);7,11-12,15,17,19H,4-6,8-10,13-14H2,1-3H3,(H,28,34)(H,29,35);6,12-13,15,17,19H,3-5,8-11,14H2,1-2H3,(H,28,33)(H,29,34)/t17-;18-;2*17-/m1111/s1. The van der Waals surface area contributed by atoms with Crippen LogP contribution in [-0.2, 0) is 35.7 Å². The summed E-state index contributed by atoms with van der Waals surface area (Å²) in [5.41, 5.74) is 9.48. The van der Waals surface area contributed by atoms with Crippen LogP contribution in [0.4, 0.5) is 30.9 Å². The van der Waals surface area contributed by atoms with Gasteiger partial charge < -0.3 is 80.4 Å². The number of hydrogen-bond acceptors (Lipinski definition) is 27. The first-order valence-corrected chi connectivity index (χ1v) is 55.7. The third-order valence-corrected chi connectivity index (χ3v) is 31.5. The van der Waals surface area contributed by atoms with Gasteiger partial charge in [-0.2, -0.15) is 61.0 Å². The van der Waals surface area contributed by atoms with E-state index in [-0.39, 0.29) is 150 Å². The number of H-pyrrole nitrogens is 1. The highest BCUT2D eigenvalue weighted by molar-refractivity contribution is 7.08. The molecule has 10 aromatic heterocycles. The first-order valence-electron chi connectivity index (χ1n) is 48.9. The number of piperidine rings is 4. The lowest BCUT2D eigenvalue weighted by Crippen LogP contribution is -2.52. The van der Waals surface area contributed by atoms with Crippen LogP contribution in [0.25, 0.3) is 0 Å². The molecule has 36 nitrogen and oxygen atoms in total. The molecule has 12 amide bonds. The third kappa shape index (κ3) is 35.8. The van der Waals surface area contributed by atoms with Crippen molar-refractivity contribution in [3.05, 3.63) is 223 Å². The molecule has 0 saturated carbocycles. The van der Waals surface area contributed by atoms with Gasteiger partial charge in [0.15, 0.2) is 0 Å². The molecule has 0 spiro atoms. The summed E-state index contributed by atoms with van der Waals surface area (Å²) in [6.07, 6.45) is 11.2. The van der Waals surface area contributed by atoms with Crippen molar-refractivity contribution in [2.75, 3.05) is 109 Å². The molecule has 0 radical (unpaired) electrons. The molecule has 14 heterocycles. The number of halogens is 8. The van der Waals surface area contributed by atoms with Gasteiger partial charge in [-0.1, -0.05) is 98.0 Å². The third-order valence-electron chi connectivity index (χ3n) is 26.7. The number of aromatic nitrogens is 7. The largest absolute Gasteiger partial charge is 0.468 e. The average Bonchev–Trinajstić information content (AvgIpc) is 1.83. The van der Waals surface area contributed by atoms with Gasteiger partial charge in [0.25, 0.3) is 23.6 Å². The predicted octanol–water partition coefficient (Wildman–Crippen LogP) is 19.4. The van der Waals surface area contributed by atoms with Gasteiger partial charge in [0, 0.05) is 159 Å².